The van der Waals surface area contributed by atoms with Crippen LogP contribution in [-0.2, 0) is 13.0 Å². The largest absolute Gasteiger partial charge is 0.326 e. The second-order valence-corrected chi connectivity index (χ2v) is 5.11. The van der Waals surface area contributed by atoms with Crippen LogP contribution in [0.4, 0.5) is 0 Å². The van der Waals surface area contributed by atoms with Crippen LogP contribution in [0.25, 0.3) is 5.52 Å². The van der Waals surface area contributed by atoms with Crippen LogP contribution in [0, 0.1) is 5.92 Å². The van der Waals surface area contributed by atoms with Crippen LogP contribution >= 0.6 is 0 Å². The zero-order valence-corrected chi connectivity index (χ0v) is 10.6. The summed E-state index contributed by atoms with van der Waals surface area (Å²) in [6, 6.07) is 4.21. The summed E-state index contributed by atoms with van der Waals surface area (Å²) in [6.07, 6.45) is 7.65. The second kappa shape index (κ2) is 5.08. The molecule has 0 unspecified atom stereocenters. The summed E-state index contributed by atoms with van der Waals surface area (Å²) in [4.78, 5) is 4.57. The van der Waals surface area contributed by atoms with E-state index in [9.17, 15) is 0 Å². The van der Waals surface area contributed by atoms with E-state index in [4.69, 9.17) is 5.73 Å². The van der Waals surface area contributed by atoms with E-state index in [0.717, 1.165) is 36.5 Å². The highest BCUT2D eigenvalue weighted by Gasteiger charge is 2.16. The van der Waals surface area contributed by atoms with Gasteiger partial charge in [0.2, 0.25) is 0 Å². The highest BCUT2D eigenvalue weighted by atomic mass is 15.0. The average Bonchev–Trinajstić information content (AvgIpc) is 2.82. The molecule has 0 aromatic carbocycles. The molecule has 1 saturated heterocycles. The molecule has 96 valence electrons. The lowest BCUT2D eigenvalue weighted by Gasteiger charge is -2.21. The summed E-state index contributed by atoms with van der Waals surface area (Å²) < 4.78 is 2.20. The van der Waals surface area contributed by atoms with Gasteiger partial charge in [-0.2, -0.15) is 0 Å². The van der Waals surface area contributed by atoms with Gasteiger partial charge in [-0.3, -0.25) is 0 Å². The van der Waals surface area contributed by atoms with Crippen molar-refractivity contribution in [1.82, 2.24) is 14.7 Å². The molecule has 0 atom stereocenters. The van der Waals surface area contributed by atoms with E-state index in [-0.39, 0.29) is 0 Å². The minimum atomic E-state index is 0.589. The van der Waals surface area contributed by atoms with Crippen molar-refractivity contribution in [2.75, 3.05) is 13.1 Å². The Kier molecular flexibility index (Phi) is 3.30. The molecule has 3 N–H and O–H groups in total. The number of pyridine rings is 1. The third kappa shape index (κ3) is 2.26. The van der Waals surface area contributed by atoms with Gasteiger partial charge in [0, 0.05) is 19.2 Å². The van der Waals surface area contributed by atoms with Gasteiger partial charge in [-0.25, -0.2) is 4.98 Å². The van der Waals surface area contributed by atoms with Crippen LogP contribution < -0.4 is 11.1 Å². The Morgan fingerprint density at radius 2 is 2.22 bits per heavy atom. The predicted octanol–water partition coefficient (Wildman–Crippen LogP) is 1.34. The summed E-state index contributed by atoms with van der Waals surface area (Å²) in [5.41, 5.74) is 7.98. The molecule has 18 heavy (non-hydrogen) atoms. The lowest BCUT2D eigenvalue weighted by atomic mass is 9.94. The number of hydrogen-bond donors (Lipinski definition) is 2. The number of imidazole rings is 1. The maximum Gasteiger partial charge on any atom is 0.113 e. The first-order valence-corrected chi connectivity index (χ1v) is 6.72. The van der Waals surface area contributed by atoms with E-state index >= 15 is 0 Å². The first-order chi connectivity index (χ1) is 8.86. The van der Waals surface area contributed by atoms with Crippen LogP contribution in [0.15, 0.2) is 24.5 Å². The monoisotopic (exact) mass is 244 g/mol. The summed E-state index contributed by atoms with van der Waals surface area (Å²) in [5.74, 6) is 1.95. The van der Waals surface area contributed by atoms with Crippen LogP contribution in [0.3, 0.4) is 0 Å². The third-order valence-electron chi connectivity index (χ3n) is 3.84. The lowest BCUT2D eigenvalue weighted by molar-refractivity contribution is 0.367. The molecule has 4 nitrogen and oxygen atoms in total. The zero-order chi connectivity index (χ0) is 12.4. The molecule has 0 aliphatic carbocycles. The fourth-order valence-corrected chi connectivity index (χ4v) is 2.72. The van der Waals surface area contributed by atoms with Gasteiger partial charge >= 0.3 is 0 Å². The van der Waals surface area contributed by atoms with Crippen molar-refractivity contribution in [1.29, 1.82) is 0 Å². The minimum Gasteiger partial charge on any atom is -0.326 e. The lowest BCUT2D eigenvalue weighted by Crippen LogP contribution is -2.29. The zero-order valence-electron chi connectivity index (χ0n) is 10.6. The molecule has 0 amide bonds. The Hall–Kier alpha value is -1.39. The number of nitrogens with one attached hydrogen (secondary N) is 1. The number of aromatic nitrogens is 2. The Morgan fingerprint density at radius 1 is 1.39 bits per heavy atom. The second-order valence-electron chi connectivity index (χ2n) is 5.11. The molecule has 4 heteroatoms. The normalized spacial score (nSPS) is 17.4. The molecule has 1 aliphatic rings. The van der Waals surface area contributed by atoms with Gasteiger partial charge in [0.15, 0.2) is 0 Å². The fourth-order valence-electron chi connectivity index (χ4n) is 2.72. The standard InChI is InChI=1S/C14H20N4/c15-9-12-3-6-18-13(7-12)10-17-14(18)8-11-1-4-16-5-2-11/h3,6-7,10-11,16H,1-2,4-5,8-9,15H2. The SMILES string of the molecule is NCc1ccn2c(CC3CCNCC3)ncc2c1. The van der Waals surface area contributed by atoms with E-state index in [0.29, 0.717) is 6.54 Å². The van der Waals surface area contributed by atoms with Crippen LogP contribution in [0.5, 0.6) is 0 Å². The molecule has 2 aromatic rings. The molecular formula is C14H20N4. The first-order valence-electron chi connectivity index (χ1n) is 6.72. The molecule has 1 fully saturated rings. The van der Waals surface area contributed by atoms with Gasteiger partial charge in [0.05, 0.1) is 11.7 Å². The topological polar surface area (TPSA) is 55.4 Å². The summed E-state index contributed by atoms with van der Waals surface area (Å²) in [7, 11) is 0. The molecular weight excluding hydrogens is 224 g/mol. The molecule has 3 heterocycles. The highest BCUT2D eigenvalue weighted by molar-refractivity contribution is 5.48. The van der Waals surface area contributed by atoms with E-state index in [1.165, 1.54) is 18.7 Å². The summed E-state index contributed by atoms with van der Waals surface area (Å²) in [6.45, 7) is 2.88. The van der Waals surface area contributed by atoms with Crippen molar-refractivity contribution in [2.24, 2.45) is 11.7 Å². The number of hydrogen-bond acceptors (Lipinski definition) is 3. The molecule has 2 aromatic heterocycles. The molecule has 0 saturated carbocycles. The van der Waals surface area contributed by atoms with Gasteiger partial charge in [0.1, 0.15) is 5.82 Å². The first kappa shape index (κ1) is 11.7. The molecule has 0 spiro atoms. The fraction of sp³-hybridized carbons (Fsp3) is 0.500. The highest BCUT2D eigenvalue weighted by Crippen LogP contribution is 2.18. The van der Waals surface area contributed by atoms with Crippen molar-refractivity contribution in [3.05, 3.63) is 35.9 Å². The van der Waals surface area contributed by atoms with Gasteiger partial charge in [-0.1, -0.05) is 0 Å². The van der Waals surface area contributed by atoms with Gasteiger partial charge in [-0.15, -0.1) is 0 Å². The van der Waals surface area contributed by atoms with Crippen molar-refractivity contribution >= 4 is 5.52 Å². The van der Waals surface area contributed by atoms with Crippen molar-refractivity contribution in [3.63, 3.8) is 0 Å². The Labute approximate surface area is 107 Å². The Bertz CT molecular complexity index is 526. The van der Waals surface area contributed by atoms with Crippen molar-refractivity contribution < 1.29 is 0 Å². The Balaban J connectivity index is 1.83. The van der Waals surface area contributed by atoms with Crippen LogP contribution in [0.1, 0.15) is 24.2 Å². The van der Waals surface area contributed by atoms with Gasteiger partial charge < -0.3 is 15.5 Å². The van der Waals surface area contributed by atoms with E-state index < -0.39 is 0 Å². The smallest absolute Gasteiger partial charge is 0.113 e. The van der Waals surface area contributed by atoms with Crippen LogP contribution in [-0.4, -0.2) is 22.5 Å². The predicted molar refractivity (Wildman–Crippen MR) is 72.4 cm³/mol. The molecule has 0 radical (unpaired) electrons. The molecule has 1 aliphatic heterocycles. The van der Waals surface area contributed by atoms with Crippen molar-refractivity contribution in [3.8, 4) is 0 Å². The third-order valence-corrected chi connectivity index (χ3v) is 3.84. The summed E-state index contributed by atoms with van der Waals surface area (Å²) >= 11 is 0. The number of nitrogens with zero attached hydrogens (tertiary/aromatic N) is 2. The number of rotatable bonds is 3. The molecule has 0 bridgehead atoms. The van der Waals surface area contributed by atoms with E-state index in [2.05, 4.69) is 33.0 Å². The average molecular weight is 244 g/mol. The quantitative estimate of drug-likeness (QED) is 0.856. The minimum absolute atomic E-state index is 0.589. The number of piperidine rings is 1. The van der Waals surface area contributed by atoms with Gasteiger partial charge in [-0.05, 0) is 49.5 Å². The van der Waals surface area contributed by atoms with E-state index in [1.807, 2.05) is 6.20 Å². The Morgan fingerprint density at radius 3 is 3.00 bits per heavy atom. The molecule has 3 rings (SSSR count). The number of fused-ring (bicyclic) bond motifs is 1. The maximum absolute atomic E-state index is 5.66. The van der Waals surface area contributed by atoms with Crippen LogP contribution in [0.2, 0.25) is 0 Å². The van der Waals surface area contributed by atoms with Gasteiger partial charge in [0.25, 0.3) is 0 Å². The van der Waals surface area contributed by atoms with E-state index in [1.54, 1.807) is 0 Å². The maximum atomic E-state index is 5.66. The van der Waals surface area contributed by atoms with Crippen molar-refractivity contribution in [2.45, 2.75) is 25.8 Å². The summed E-state index contributed by atoms with van der Waals surface area (Å²) in [5, 5.41) is 3.41. The number of nitrogens with two attached hydrogens (primary N) is 1.